The van der Waals surface area contributed by atoms with Crippen molar-refractivity contribution in [3.63, 3.8) is 0 Å². The summed E-state index contributed by atoms with van der Waals surface area (Å²) in [6, 6.07) is 20.6. The molecule has 118 valence electrons. The highest BCUT2D eigenvalue weighted by Crippen LogP contribution is 2.43. The van der Waals surface area contributed by atoms with E-state index >= 15 is 0 Å². The summed E-state index contributed by atoms with van der Waals surface area (Å²) in [6.45, 7) is 6.26. The summed E-state index contributed by atoms with van der Waals surface area (Å²) in [5.74, 6) is 0. The zero-order valence-electron chi connectivity index (χ0n) is 14.2. The average Bonchev–Trinajstić information content (AvgIpc) is 2.49. The zero-order valence-corrected chi connectivity index (χ0v) is 14.2. The minimum Gasteiger partial charge on any atom is -0.390 e. The Morgan fingerprint density at radius 3 is 1.41 bits per heavy atom. The fourth-order valence-corrected chi connectivity index (χ4v) is 3.25. The average molecular weight is 297 g/mol. The van der Waals surface area contributed by atoms with Crippen LogP contribution in [-0.2, 0) is 5.54 Å². The molecule has 2 aromatic carbocycles. The number of hydrogen-bond donors (Lipinski definition) is 1. The van der Waals surface area contributed by atoms with Gasteiger partial charge in [-0.15, -0.1) is 0 Å². The molecule has 0 saturated carbocycles. The summed E-state index contributed by atoms with van der Waals surface area (Å²) in [5, 5.41) is 11.3. The first kappa shape index (κ1) is 16.7. The molecule has 0 saturated heterocycles. The van der Waals surface area contributed by atoms with E-state index in [1.54, 1.807) is 0 Å². The van der Waals surface area contributed by atoms with Crippen LogP contribution in [0, 0.1) is 5.41 Å². The number of likely N-dealkylation sites (N-methyl/N-ethyl adjacent to an activating group) is 1. The monoisotopic (exact) mass is 297 g/mol. The van der Waals surface area contributed by atoms with Crippen molar-refractivity contribution in [2.75, 3.05) is 14.1 Å². The van der Waals surface area contributed by atoms with Crippen molar-refractivity contribution in [1.29, 1.82) is 0 Å². The van der Waals surface area contributed by atoms with E-state index in [1.807, 2.05) is 50.5 Å². The molecule has 2 heteroatoms. The molecule has 1 unspecified atom stereocenters. The Morgan fingerprint density at radius 2 is 1.14 bits per heavy atom. The molecular weight excluding hydrogens is 270 g/mol. The first-order valence-electron chi connectivity index (χ1n) is 7.77. The van der Waals surface area contributed by atoms with Gasteiger partial charge >= 0.3 is 0 Å². The van der Waals surface area contributed by atoms with Crippen molar-refractivity contribution in [2.45, 2.75) is 32.4 Å². The molecule has 0 spiro atoms. The van der Waals surface area contributed by atoms with Crippen molar-refractivity contribution in [3.8, 4) is 0 Å². The molecule has 0 bridgehead atoms. The van der Waals surface area contributed by atoms with Gasteiger partial charge in [-0.1, -0.05) is 81.4 Å². The third-order valence-corrected chi connectivity index (χ3v) is 4.35. The normalized spacial score (nSPS) is 14.1. The van der Waals surface area contributed by atoms with Crippen LogP contribution in [0.5, 0.6) is 0 Å². The van der Waals surface area contributed by atoms with E-state index in [-0.39, 0.29) is 5.41 Å². The molecule has 2 rings (SSSR count). The first-order valence-corrected chi connectivity index (χ1v) is 7.77. The van der Waals surface area contributed by atoms with Crippen LogP contribution in [0.1, 0.15) is 31.9 Å². The second-order valence-corrected chi connectivity index (χ2v) is 7.16. The van der Waals surface area contributed by atoms with E-state index < -0.39 is 11.6 Å². The lowest BCUT2D eigenvalue weighted by Crippen LogP contribution is -2.56. The molecule has 22 heavy (non-hydrogen) atoms. The second-order valence-electron chi connectivity index (χ2n) is 7.16. The molecular formula is C20H27NO. The lowest BCUT2D eigenvalue weighted by atomic mass is 9.68. The van der Waals surface area contributed by atoms with Gasteiger partial charge in [0.05, 0.1) is 11.6 Å². The molecule has 0 radical (unpaired) electrons. The zero-order chi connectivity index (χ0) is 16.4. The minimum absolute atomic E-state index is 0.254. The van der Waals surface area contributed by atoms with Gasteiger partial charge in [0.25, 0.3) is 0 Å². The molecule has 0 aliphatic rings. The summed E-state index contributed by atoms with van der Waals surface area (Å²) < 4.78 is 0. The molecule has 1 atom stereocenters. The number of aliphatic hydroxyl groups excluding tert-OH is 1. The van der Waals surface area contributed by atoms with Gasteiger partial charge in [-0.2, -0.15) is 0 Å². The van der Waals surface area contributed by atoms with Crippen molar-refractivity contribution >= 4 is 0 Å². The largest absolute Gasteiger partial charge is 0.390 e. The van der Waals surface area contributed by atoms with Crippen LogP contribution in [0.15, 0.2) is 60.7 Å². The van der Waals surface area contributed by atoms with Crippen LogP contribution in [0.25, 0.3) is 0 Å². The van der Waals surface area contributed by atoms with E-state index in [0.717, 1.165) is 11.1 Å². The molecule has 0 aliphatic heterocycles. The number of rotatable bonds is 4. The maximum Gasteiger partial charge on any atom is 0.0979 e. The predicted octanol–water partition coefficient (Wildman–Crippen LogP) is 3.90. The quantitative estimate of drug-likeness (QED) is 0.925. The fraction of sp³-hybridized carbons (Fsp3) is 0.400. The van der Waals surface area contributed by atoms with Gasteiger partial charge in [-0.05, 0) is 30.6 Å². The smallest absolute Gasteiger partial charge is 0.0979 e. The van der Waals surface area contributed by atoms with Crippen LogP contribution in [0.2, 0.25) is 0 Å². The molecule has 0 fully saturated rings. The number of benzene rings is 2. The maximum absolute atomic E-state index is 11.3. The minimum atomic E-state index is -0.583. The highest BCUT2D eigenvalue weighted by molar-refractivity contribution is 5.40. The van der Waals surface area contributed by atoms with Crippen molar-refractivity contribution in [2.24, 2.45) is 5.41 Å². The van der Waals surface area contributed by atoms with E-state index in [1.165, 1.54) is 0 Å². The third kappa shape index (κ3) is 2.81. The molecule has 0 aliphatic carbocycles. The van der Waals surface area contributed by atoms with Crippen molar-refractivity contribution in [3.05, 3.63) is 71.8 Å². The van der Waals surface area contributed by atoms with Gasteiger partial charge in [-0.25, -0.2) is 0 Å². The molecule has 2 aromatic rings. The molecule has 0 amide bonds. The van der Waals surface area contributed by atoms with Crippen LogP contribution in [0.4, 0.5) is 0 Å². The van der Waals surface area contributed by atoms with Crippen LogP contribution in [-0.4, -0.2) is 30.2 Å². The number of aliphatic hydroxyl groups is 1. The molecule has 0 aromatic heterocycles. The fourth-order valence-electron chi connectivity index (χ4n) is 3.25. The van der Waals surface area contributed by atoms with E-state index in [9.17, 15) is 5.11 Å². The van der Waals surface area contributed by atoms with Gasteiger partial charge in [0.15, 0.2) is 0 Å². The van der Waals surface area contributed by atoms with Crippen LogP contribution in [0.3, 0.4) is 0 Å². The van der Waals surface area contributed by atoms with Gasteiger partial charge in [-0.3, -0.25) is 4.90 Å². The number of hydrogen-bond acceptors (Lipinski definition) is 2. The molecule has 2 nitrogen and oxygen atoms in total. The number of nitrogens with zero attached hydrogens (tertiary/aromatic N) is 1. The summed E-state index contributed by atoms with van der Waals surface area (Å²) in [5.41, 5.74) is 1.37. The second kappa shape index (κ2) is 6.23. The SMILES string of the molecule is CN(C)C(c1ccccc1)(c1ccccc1)C(O)C(C)(C)C. The van der Waals surface area contributed by atoms with Crippen LogP contribution < -0.4 is 0 Å². The van der Waals surface area contributed by atoms with Gasteiger partial charge in [0, 0.05) is 0 Å². The van der Waals surface area contributed by atoms with E-state index in [4.69, 9.17) is 0 Å². The Hall–Kier alpha value is -1.64. The lowest BCUT2D eigenvalue weighted by molar-refractivity contribution is -0.0502. The summed E-state index contributed by atoms with van der Waals surface area (Å²) in [6.07, 6.45) is -0.556. The van der Waals surface area contributed by atoms with Gasteiger partial charge in [0.1, 0.15) is 0 Å². The Kier molecular flexibility index (Phi) is 4.74. The van der Waals surface area contributed by atoms with Gasteiger partial charge in [0.2, 0.25) is 0 Å². The van der Waals surface area contributed by atoms with Gasteiger partial charge < -0.3 is 5.11 Å². The Labute approximate surface area is 134 Å². The lowest BCUT2D eigenvalue weighted by Gasteiger charge is -2.49. The predicted molar refractivity (Wildman–Crippen MR) is 92.8 cm³/mol. The highest BCUT2D eigenvalue weighted by Gasteiger charge is 2.48. The third-order valence-electron chi connectivity index (χ3n) is 4.35. The molecule has 0 heterocycles. The van der Waals surface area contributed by atoms with Crippen molar-refractivity contribution in [1.82, 2.24) is 4.90 Å². The highest BCUT2D eigenvalue weighted by atomic mass is 16.3. The maximum atomic E-state index is 11.3. The summed E-state index contributed by atoms with van der Waals surface area (Å²) in [7, 11) is 4.07. The Balaban J connectivity index is 2.77. The Morgan fingerprint density at radius 1 is 0.773 bits per heavy atom. The first-order chi connectivity index (χ1) is 10.3. The van der Waals surface area contributed by atoms with Crippen LogP contribution >= 0.6 is 0 Å². The standard InChI is InChI=1S/C20H27NO/c1-19(2,3)18(22)20(21(4)5,16-12-8-6-9-13-16)17-14-10-7-11-15-17/h6-15,18,22H,1-5H3. The van der Waals surface area contributed by atoms with E-state index in [0.29, 0.717) is 0 Å². The summed E-state index contributed by atoms with van der Waals surface area (Å²) >= 11 is 0. The van der Waals surface area contributed by atoms with E-state index in [2.05, 4.69) is 49.9 Å². The molecule has 1 N–H and O–H groups in total. The summed E-state index contributed by atoms with van der Waals surface area (Å²) in [4.78, 5) is 2.13. The van der Waals surface area contributed by atoms with Crippen molar-refractivity contribution < 1.29 is 5.11 Å². The topological polar surface area (TPSA) is 23.5 Å². The Bertz CT molecular complexity index is 545.